The summed E-state index contributed by atoms with van der Waals surface area (Å²) in [4.78, 5) is 0. The summed E-state index contributed by atoms with van der Waals surface area (Å²) < 4.78 is 24.7. The number of rotatable bonds is 2. The maximum atomic E-state index is 12.4. The molecule has 0 aliphatic heterocycles. The third-order valence-corrected chi connectivity index (χ3v) is 0.820. The number of allylic oxidation sites excluding steroid dienone is 5. The fourth-order valence-electron chi connectivity index (χ4n) is 0.365. The third kappa shape index (κ3) is 2.44. The van der Waals surface area contributed by atoms with Crippen LogP contribution in [0.1, 0.15) is 6.92 Å². The van der Waals surface area contributed by atoms with Gasteiger partial charge in [-0.15, -0.1) is 0 Å². The number of nitrogens with two attached hydrogens (primary N) is 1. The minimum Gasteiger partial charge on any atom is -0.400 e. The zero-order valence-corrected chi connectivity index (χ0v) is 5.70. The van der Waals surface area contributed by atoms with Crippen molar-refractivity contribution in [2.24, 2.45) is 5.73 Å². The quantitative estimate of drug-likeness (QED) is 0.592. The van der Waals surface area contributed by atoms with Crippen molar-refractivity contribution in [2.75, 3.05) is 0 Å². The summed E-state index contributed by atoms with van der Waals surface area (Å²) in [5, 5.41) is 0. The molecule has 56 valence electrons. The van der Waals surface area contributed by atoms with Crippen molar-refractivity contribution in [1.29, 1.82) is 0 Å². The van der Waals surface area contributed by atoms with E-state index in [4.69, 9.17) is 5.73 Å². The predicted octanol–water partition coefficient (Wildman–Crippen LogP) is 2.19. The summed E-state index contributed by atoms with van der Waals surface area (Å²) in [7, 11) is 0. The molecule has 3 heteroatoms. The molecule has 0 rings (SSSR count). The van der Waals surface area contributed by atoms with E-state index in [1.165, 1.54) is 6.92 Å². The van der Waals surface area contributed by atoms with Crippen LogP contribution in [-0.2, 0) is 0 Å². The van der Waals surface area contributed by atoms with Crippen LogP contribution in [0.4, 0.5) is 8.78 Å². The minimum absolute atomic E-state index is 0.171. The van der Waals surface area contributed by atoms with Gasteiger partial charge in [-0.05, 0) is 13.0 Å². The molecule has 0 fully saturated rings. The topological polar surface area (TPSA) is 26.0 Å². The molecule has 2 N–H and O–H groups in total. The number of hydrogen-bond donors (Lipinski definition) is 1. The van der Waals surface area contributed by atoms with Gasteiger partial charge < -0.3 is 5.73 Å². The maximum Gasteiger partial charge on any atom is 0.177 e. The van der Waals surface area contributed by atoms with Crippen molar-refractivity contribution in [3.63, 3.8) is 0 Å². The smallest absolute Gasteiger partial charge is 0.177 e. The van der Waals surface area contributed by atoms with E-state index in [9.17, 15) is 8.78 Å². The zero-order valence-electron chi connectivity index (χ0n) is 5.70. The monoisotopic (exact) mass is 145 g/mol. The second-order valence-electron chi connectivity index (χ2n) is 1.75. The summed E-state index contributed by atoms with van der Waals surface area (Å²) in [6.07, 6.45) is 2.06. The van der Waals surface area contributed by atoms with Crippen molar-refractivity contribution in [3.8, 4) is 0 Å². The van der Waals surface area contributed by atoms with Crippen molar-refractivity contribution in [2.45, 2.75) is 6.92 Å². The van der Waals surface area contributed by atoms with Crippen LogP contribution in [0.5, 0.6) is 0 Å². The Kier molecular flexibility index (Phi) is 3.39. The van der Waals surface area contributed by atoms with Gasteiger partial charge in [-0.3, -0.25) is 0 Å². The lowest BCUT2D eigenvalue weighted by molar-refractivity contribution is 0.536. The molecule has 10 heavy (non-hydrogen) atoms. The largest absolute Gasteiger partial charge is 0.400 e. The summed E-state index contributed by atoms with van der Waals surface area (Å²) in [6, 6.07) is 0. The van der Waals surface area contributed by atoms with Crippen LogP contribution in [0.3, 0.4) is 0 Å². The highest BCUT2D eigenvalue weighted by atomic mass is 19.2. The molecule has 0 amide bonds. The molecule has 0 bridgehead atoms. The van der Waals surface area contributed by atoms with Crippen molar-refractivity contribution >= 4 is 0 Å². The van der Waals surface area contributed by atoms with Gasteiger partial charge in [0.1, 0.15) is 0 Å². The molecule has 0 unspecified atom stereocenters. The normalized spacial score (nSPS) is 14.5. The second-order valence-corrected chi connectivity index (χ2v) is 1.75. The summed E-state index contributed by atoms with van der Waals surface area (Å²) in [5.41, 5.74) is 4.79. The van der Waals surface area contributed by atoms with E-state index in [0.29, 0.717) is 0 Å². The summed E-state index contributed by atoms with van der Waals surface area (Å²) in [6.45, 7) is 4.48. The molecule has 0 saturated carbocycles. The van der Waals surface area contributed by atoms with Crippen molar-refractivity contribution in [3.05, 3.63) is 36.1 Å². The first-order chi connectivity index (χ1) is 4.59. The predicted molar refractivity (Wildman–Crippen MR) is 37.4 cm³/mol. The average molecular weight is 145 g/mol. The Hall–Kier alpha value is -1.12. The van der Waals surface area contributed by atoms with Crippen LogP contribution < -0.4 is 5.73 Å². The van der Waals surface area contributed by atoms with Gasteiger partial charge in [0.2, 0.25) is 0 Å². The third-order valence-electron chi connectivity index (χ3n) is 0.820. The van der Waals surface area contributed by atoms with E-state index >= 15 is 0 Å². The molecule has 0 spiro atoms. The highest BCUT2D eigenvalue weighted by Gasteiger charge is 2.02. The van der Waals surface area contributed by atoms with Crippen LogP contribution >= 0.6 is 0 Å². The fraction of sp³-hybridized carbons (Fsp3) is 0.143. The van der Waals surface area contributed by atoms with Gasteiger partial charge in [-0.2, -0.15) is 0 Å². The van der Waals surface area contributed by atoms with E-state index in [1.807, 2.05) is 0 Å². The van der Waals surface area contributed by atoms with E-state index < -0.39 is 11.7 Å². The Labute approximate surface area is 58.5 Å². The van der Waals surface area contributed by atoms with E-state index in [2.05, 4.69) is 6.58 Å². The van der Waals surface area contributed by atoms with Gasteiger partial charge >= 0.3 is 0 Å². The second kappa shape index (κ2) is 3.82. The first kappa shape index (κ1) is 8.88. The standard InChI is InChI=1S/C7H9F2N/c1-3-4-6(8)7(9)5(2)10/h3-4H,1,10H2,2H3/b6-4+,7-5-. The van der Waals surface area contributed by atoms with Crippen molar-refractivity contribution < 1.29 is 8.78 Å². The van der Waals surface area contributed by atoms with Gasteiger partial charge in [0.25, 0.3) is 0 Å². The van der Waals surface area contributed by atoms with Gasteiger partial charge in [0, 0.05) is 5.70 Å². The molecule has 0 aromatic carbocycles. The Balaban J connectivity index is 4.51. The van der Waals surface area contributed by atoms with Gasteiger partial charge in [0.05, 0.1) is 0 Å². The summed E-state index contributed by atoms with van der Waals surface area (Å²) >= 11 is 0. The lowest BCUT2D eigenvalue weighted by atomic mass is 10.3. The zero-order chi connectivity index (χ0) is 8.15. The molecule has 0 aromatic heterocycles. The Morgan fingerprint density at radius 3 is 2.30 bits per heavy atom. The first-order valence-electron chi connectivity index (χ1n) is 2.70. The molecular weight excluding hydrogens is 136 g/mol. The minimum atomic E-state index is -1.03. The SMILES string of the molecule is C=C/C=C(F)\C(F)=C(/C)N. The van der Waals surface area contributed by atoms with Crippen LogP contribution in [0.15, 0.2) is 36.1 Å². The van der Waals surface area contributed by atoms with Crippen molar-refractivity contribution in [1.82, 2.24) is 0 Å². The molecule has 1 nitrogen and oxygen atoms in total. The average Bonchev–Trinajstić information content (AvgIpc) is 1.87. The van der Waals surface area contributed by atoms with Gasteiger partial charge in [-0.1, -0.05) is 12.7 Å². The number of hydrogen-bond acceptors (Lipinski definition) is 1. The first-order valence-corrected chi connectivity index (χ1v) is 2.70. The molecule has 0 heterocycles. The molecule has 0 radical (unpaired) electrons. The molecular formula is C7H9F2N. The number of halogens is 2. The lowest BCUT2D eigenvalue weighted by Gasteiger charge is -1.93. The molecule has 0 saturated heterocycles. The van der Waals surface area contributed by atoms with Gasteiger partial charge in [-0.25, -0.2) is 8.78 Å². The highest BCUT2D eigenvalue weighted by Crippen LogP contribution is 2.14. The van der Waals surface area contributed by atoms with Crippen LogP contribution in [0, 0.1) is 0 Å². The summed E-state index contributed by atoms with van der Waals surface area (Å²) in [5.74, 6) is -2.02. The maximum absolute atomic E-state index is 12.4. The highest BCUT2D eigenvalue weighted by molar-refractivity contribution is 5.24. The van der Waals surface area contributed by atoms with Crippen LogP contribution in [-0.4, -0.2) is 0 Å². The molecule has 0 aliphatic carbocycles. The molecule has 0 aromatic rings. The van der Waals surface area contributed by atoms with E-state index in [1.54, 1.807) is 0 Å². The van der Waals surface area contributed by atoms with E-state index in [0.717, 1.165) is 12.2 Å². The Morgan fingerprint density at radius 2 is 2.00 bits per heavy atom. The van der Waals surface area contributed by atoms with Gasteiger partial charge in [0.15, 0.2) is 11.7 Å². The molecule has 0 atom stereocenters. The van der Waals surface area contributed by atoms with Crippen LogP contribution in [0.25, 0.3) is 0 Å². The van der Waals surface area contributed by atoms with Crippen LogP contribution in [0.2, 0.25) is 0 Å². The Morgan fingerprint density at radius 1 is 1.50 bits per heavy atom. The fourth-order valence-corrected chi connectivity index (χ4v) is 0.365. The lowest BCUT2D eigenvalue weighted by Crippen LogP contribution is -1.94. The Bertz CT molecular complexity index is 188. The van der Waals surface area contributed by atoms with E-state index in [-0.39, 0.29) is 5.70 Å². The molecule has 0 aliphatic rings.